The van der Waals surface area contributed by atoms with Gasteiger partial charge in [0, 0.05) is 21.3 Å². The molecule has 0 spiro atoms. The zero-order chi connectivity index (χ0) is 12.6. The van der Waals surface area contributed by atoms with Gasteiger partial charge in [0.15, 0.2) is 5.82 Å². The molecule has 1 heterocycles. The van der Waals surface area contributed by atoms with Gasteiger partial charge in [-0.3, -0.25) is 0 Å². The van der Waals surface area contributed by atoms with Gasteiger partial charge in [-0.05, 0) is 18.2 Å². The Morgan fingerprint density at radius 1 is 1.24 bits per heavy atom. The molecule has 0 radical (unpaired) electrons. The number of hydrogen-bond acceptors (Lipinski definition) is 4. The Morgan fingerprint density at radius 3 is 2.47 bits per heavy atom. The summed E-state index contributed by atoms with van der Waals surface area (Å²) < 4.78 is 22.0. The highest BCUT2D eigenvalue weighted by Crippen LogP contribution is 2.28. The quantitative estimate of drug-likeness (QED) is 0.865. The molecule has 1 aromatic carbocycles. The molecule has 9 heteroatoms. The number of aromatic nitrogens is 3. The third-order valence-electron chi connectivity index (χ3n) is 1.87. The number of aromatic amines is 1. The molecule has 0 atom stereocenters. The minimum atomic E-state index is -3.94. The fraction of sp³-hybridized carbons (Fsp3) is 0. The normalized spacial score (nSPS) is 11.7. The summed E-state index contributed by atoms with van der Waals surface area (Å²) in [6, 6.07) is 4.68. The van der Waals surface area contributed by atoms with Crippen molar-refractivity contribution in [3.05, 3.63) is 28.2 Å². The molecule has 2 aromatic rings. The second kappa shape index (κ2) is 4.45. The summed E-state index contributed by atoms with van der Waals surface area (Å²) in [5, 5.41) is 6.27. The molecule has 0 saturated carbocycles. The molecule has 0 unspecified atom stereocenters. The largest absolute Gasteiger partial charge is 0.296 e. The molecular formula is C8H4Cl3N3O2S. The average molecular weight is 313 g/mol. The van der Waals surface area contributed by atoms with Gasteiger partial charge in [-0.15, -0.1) is 0 Å². The van der Waals surface area contributed by atoms with E-state index in [1.165, 1.54) is 6.07 Å². The minimum absolute atomic E-state index is 0.130. The second-order valence-corrected chi connectivity index (χ2v) is 6.35. The van der Waals surface area contributed by atoms with Crippen molar-refractivity contribution in [3.8, 4) is 11.4 Å². The van der Waals surface area contributed by atoms with Crippen LogP contribution in [-0.2, 0) is 9.05 Å². The number of halogens is 3. The van der Waals surface area contributed by atoms with E-state index in [9.17, 15) is 8.42 Å². The summed E-state index contributed by atoms with van der Waals surface area (Å²) in [7, 11) is 1.17. The lowest BCUT2D eigenvalue weighted by atomic mass is 10.2. The van der Waals surface area contributed by atoms with E-state index in [1.54, 1.807) is 12.1 Å². The summed E-state index contributed by atoms with van der Waals surface area (Å²) in [6.45, 7) is 0. The van der Waals surface area contributed by atoms with Gasteiger partial charge in [-0.2, -0.15) is 10.1 Å². The summed E-state index contributed by atoms with van der Waals surface area (Å²) >= 11 is 11.7. The molecule has 0 amide bonds. The Morgan fingerprint density at radius 2 is 1.94 bits per heavy atom. The van der Waals surface area contributed by atoms with Crippen LogP contribution in [0.25, 0.3) is 11.4 Å². The molecule has 1 N–H and O–H groups in total. The summed E-state index contributed by atoms with van der Waals surface area (Å²) in [5.41, 5.74) is 0.457. The summed E-state index contributed by atoms with van der Waals surface area (Å²) in [4.78, 5) is 3.73. The average Bonchev–Trinajstić information content (AvgIpc) is 2.65. The molecule has 0 saturated heterocycles. The van der Waals surface area contributed by atoms with Gasteiger partial charge >= 0.3 is 0 Å². The van der Waals surface area contributed by atoms with Crippen molar-refractivity contribution in [1.82, 2.24) is 15.2 Å². The molecule has 90 valence electrons. The summed E-state index contributed by atoms with van der Waals surface area (Å²) in [5.74, 6) is 0.130. The third kappa shape index (κ3) is 2.71. The van der Waals surface area contributed by atoms with E-state index in [4.69, 9.17) is 33.9 Å². The van der Waals surface area contributed by atoms with Crippen LogP contribution in [0.4, 0.5) is 0 Å². The number of hydrogen-bond donors (Lipinski definition) is 1. The zero-order valence-electron chi connectivity index (χ0n) is 7.99. The Kier molecular flexibility index (Phi) is 3.31. The van der Waals surface area contributed by atoms with Gasteiger partial charge in [-0.25, -0.2) is 13.5 Å². The lowest BCUT2D eigenvalue weighted by molar-refractivity contribution is 0.602. The fourth-order valence-electron chi connectivity index (χ4n) is 1.15. The third-order valence-corrected chi connectivity index (χ3v) is 3.50. The topological polar surface area (TPSA) is 75.7 Å². The second-order valence-electron chi connectivity index (χ2n) is 3.03. The maximum absolute atomic E-state index is 11.0. The van der Waals surface area contributed by atoms with Crippen molar-refractivity contribution in [3.63, 3.8) is 0 Å². The van der Waals surface area contributed by atoms with Crippen LogP contribution in [0.2, 0.25) is 10.0 Å². The highest BCUT2D eigenvalue weighted by atomic mass is 35.7. The first-order valence-corrected chi connectivity index (χ1v) is 7.27. The number of H-pyrrole nitrogens is 1. The highest BCUT2D eigenvalue weighted by molar-refractivity contribution is 8.13. The first-order chi connectivity index (χ1) is 7.88. The highest BCUT2D eigenvalue weighted by Gasteiger charge is 2.17. The van der Waals surface area contributed by atoms with Crippen molar-refractivity contribution in [1.29, 1.82) is 0 Å². The molecule has 17 heavy (non-hydrogen) atoms. The number of nitrogens with one attached hydrogen (secondary N) is 1. The van der Waals surface area contributed by atoms with Gasteiger partial charge in [0.25, 0.3) is 14.2 Å². The van der Waals surface area contributed by atoms with Gasteiger partial charge < -0.3 is 0 Å². The maximum Gasteiger partial charge on any atom is 0.296 e. The van der Waals surface area contributed by atoms with Crippen LogP contribution < -0.4 is 0 Å². The van der Waals surface area contributed by atoms with Crippen molar-refractivity contribution < 1.29 is 8.42 Å². The Balaban J connectivity index is 2.51. The maximum atomic E-state index is 11.0. The van der Waals surface area contributed by atoms with Crippen molar-refractivity contribution in [2.75, 3.05) is 0 Å². The number of nitrogens with zero attached hydrogens (tertiary/aromatic N) is 2. The van der Waals surface area contributed by atoms with E-state index >= 15 is 0 Å². The van der Waals surface area contributed by atoms with E-state index in [0.717, 1.165) is 0 Å². The Hall–Kier alpha value is -0.820. The van der Waals surface area contributed by atoms with Crippen LogP contribution in [0.3, 0.4) is 0 Å². The SMILES string of the molecule is O=S(=O)(Cl)c1nc(-c2ccc(Cl)cc2Cl)n[nH]1. The van der Waals surface area contributed by atoms with Gasteiger partial charge in [0.2, 0.25) is 0 Å². The molecular weight excluding hydrogens is 309 g/mol. The molecule has 0 fully saturated rings. The Bertz CT molecular complexity index is 668. The Labute approximate surface area is 111 Å². The minimum Gasteiger partial charge on any atom is -0.248 e. The van der Waals surface area contributed by atoms with Gasteiger partial charge in [0.1, 0.15) is 0 Å². The van der Waals surface area contributed by atoms with E-state index in [0.29, 0.717) is 15.6 Å². The number of rotatable bonds is 2. The first-order valence-electron chi connectivity index (χ1n) is 4.20. The molecule has 5 nitrogen and oxygen atoms in total. The van der Waals surface area contributed by atoms with Gasteiger partial charge in [0.05, 0.1) is 5.02 Å². The van der Waals surface area contributed by atoms with Crippen LogP contribution in [0.15, 0.2) is 23.4 Å². The molecule has 1 aromatic heterocycles. The van der Waals surface area contributed by atoms with E-state index in [-0.39, 0.29) is 5.82 Å². The monoisotopic (exact) mass is 311 g/mol. The molecule has 0 bridgehead atoms. The lowest BCUT2D eigenvalue weighted by Gasteiger charge is -1.98. The predicted molar refractivity (Wildman–Crippen MR) is 64.9 cm³/mol. The lowest BCUT2D eigenvalue weighted by Crippen LogP contribution is -1.92. The van der Waals surface area contributed by atoms with Crippen molar-refractivity contribution in [2.45, 2.75) is 5.16 Å². The number of benzene rings is 1. The van der Waals surface area contributed by atoms with Crippen molar-refractivity contribution >= 4 is 42.9 Å². The standard InChI is InChI=1S/C8H4Cl3N3O2S/c9-4-1-2-5(6(10)3-4)7-12-8(14-13-7)17(11,15)16/h1-3H,(H,12,13,14). The van der Waals surface area contributed by atoms with E-state index in [2.05, 4.69) is 15.2 Å². The molecule has 2 rings (SSSR count). The van der Waals surface area contributed by atoms with E-state index < -0.39 is 14.2 Å². The fourth-order valence-corrected chi connectivity index (χ4v) is 2.20. The van der Waals surface area contributed by atoms with Crippen LogP contribution in [0.5, 0.6) is 0 Å². The van der Waals surface area contributed by atoms with Crippen LogP contribution in [-0.4, -0.2) is 23.6 Å². The first kappa shape index (κ1) is 12.6. The summed E-state index contributed by atoms with van der Waals surface area (Å²) in [6.07, 6.45) is 0. The van der Waals surface area contributed by atoms with Crippen LogP contribution in [0, 0.1) is 0 Å². The van der Waals surface area contributed by atoms with Crippen molar-refractivity contribution in [2.24, 2.45) is 0 Å². The predicted octanol–water partition coefficient (Wildman–Crippen LogP) is 2.71. The molecule has 0 aliphatic carbocycles. The molecule has 0 aliphatic heterocycles. The van der Waals surface area contributed by atoms with E-state index in [1.807, 2.05) is 0 Å². The zero-order valence-corrected chi connectivity index (χ0v) is 11.1. The van der Waals surface area contributed by atoms with Crippen LogP contribution >= 0.6 is 33.9 Å². The van der Waals surface area contributed by atoms with Gasteiger partial charge in [-0.1, -0.05) is 23.2 Å². The molecule has 0 aliphatic rings. The smallest absolute Gasteiger partial charge is 0.248 e. The van der Waals surface area contributed by atoms with Crippen LogP contribution in [0.1, 0.15) is 0 Å².